The predicted molar refractivity (Wildman–Crippen MR) is 105 cm³/mol. The van der Waals surface area contributed by atoms with Gasteiger partial charge in [0.15, 0.2) is 0 Å². The van der Waals surface area contributed by atoms with Gasteiger partial charge in [-0.1, -0.05) is 60.7 Å². The van der Waals surface area contributed by atoms with Crippen LogP contribution in [0.5, 0.6) is 0 Å². The van der Waals surface area contributed by atoms with Gasteiger partial charge in [0.1, 0.15) is 0 Å². The third-order valence-electron chi connectivity index (χ3n) is 6.14. The molecule has 0 spiro atoms. The second kappa shape index (κ2) is 7.24. The van der Waals surface area contributed by atoms with Crippen LogP contribution in [-0.4, -0.2) is 18.0 Å². The number of carbonyl (C=O) groups excluding carboxylic acids is 1. The summed E-state index contributed by atoms with van der Waals surface area (Å²) in [6, 6.07) is 21.8. The van der Waals surface area contributed by atoms with Crippen molar-refractivity contribution in [3.63, 3.8) is 0 Å². The molecule has 2 saturated heterocycles. The predicted octanol–water partition coefficient (Wildman–Crippen LogP) is 3.99. The first-order chi connectivity index (χ1) is 12.6. The Kier molecular flexibility index (Phi) is 4.82. The number of fused-ring (bicyclic) bond motifs is 2. The highest BCUT2D eigenvalue weighted by atomic mass is 16.1. The maximum atomic E-state index is 13.0. The molecule has 136 valence electrons. The van der Waals surface area contributed by atoms with Crippen molar-refractivity contribution in [1.82, 2.24) is 10.6 Å². The zero-order chi connectivity index (χ0) is 18.0. The van der Waals surface area contributed by atoms with Crippen molar-refractivity contribution in [2.75, 3.05) is 0 Å². The summed E-state index contributed by atoms with van der Waals surface area (Å²) in [5, 5.41) is 7.03. The van der Waals surface area contributed by atoms with Gasteiger partial charge >= 0.3 is 0 Å². The van der Waals surface area contributed by atoms with Crippen LogP contribution >= 0.6 is 0 Å². The third-order valence-corrected chi connectivity index (χ3v) is 6.14. The zero-order valence-electron chi connectivity index (χ0n) is 15.4. The molecule has 0 saturated carbocycles. The molecule has 2 atom stereocenters. The van der Waals surface area contributed by atoms with Crippen LogP contribution in [0.4, 0.5) is 0 Å². The summed E-state index contributed by atoms with van der Waals surface area (Å²) in [4.78, 5) is 13.0. The molecule has 2 aromatic rings. The Morgan fingerprint density at radius 2 is 1.46 bits per heavy atom. The molecule has 2 bridgehead atoms. The summed E-state index contributed by atoms with van der Waals surface area (Å²) >= 11 is 0. The van der Waals surface area contributed by atoms with E-state index in [-0.39, 0.29) is 5.91 Å². The van der Waals surface area contributed by atoms with E-state index in [0.29, 0.717) is 24.4 Å². The van der Waals surface area contributed by atoms with E-state index in [0.717, 1.165) is 24.0 Å². The molecule has 0 aliphatic carbocycles. The second-order valence-electron chi connectivity index (χ2n) is 8.08. The molecule has 2 N–H and O–H groups in total. The fourth-order valence-electron chi connectivity index (χ4n) is 4.79. The van der Waals surface area contributed by atoms with Crippen molar-refractivity contribution in [3.8, 4) is 0 Å². The Morgan fingerprint density at radius 3 is 1.96 bits per heavy atom. The molecule has 3 heteroatoms. The first kappa shape index (κ1) is 17.3. The number of amides is 1. The van der Waals surface area contributed by atoms with E-state index in [4.69, 9.17) is 0 Å². The fourth-order valence-corrected chi connectivity index (χ4v) is 4.79. The molecule has 26 heavy (non-hydrogen) atoms. The number of carbonyl (C=O) groups is 1. The van der Waals surface area contributed by atoms with E-state index in [1.165, 1.54) is 12.8 Å². The van der Waals surface area contributed by atoms with Crippen LogP contribution < -0.4 is 10.6 Å². The molecule has 4 rings (SSSR count). The smallest absolute Gasteiger partial charge is 0.221 e. The van der Waals surface area contributed by atoms with Crippen LogP contribution in [0.25, 0.3) is 0 Å². The number of benzene rings is 2. The number of hydrogen-bond donors (Lipinski definition) is 2. The number of piperidine rings is 1. The van der Waals surface area contributed by atoms with Gasteiger partial charge in [0.2, 0.25) is 5.91 Å². The standard InChI is InChI=1S/C23H28N2O/c1-23(18-8-4-2-5-9-18,19-10-6-3-7-11-19)25-22(26)16-17-14-20-12-13-21(15-17)24-20/h2-11,17,20-21,24H,12-16H2,1H3,(H,25,26). The minimum Gasteiger partial charge on any atom is -0.343 e. The van der Waals surface area contributed by atoms with E-state index in [1.807, 2.05) is 36.4 Å². The SMILES string of the molecule is CC(NC(=O)CC1CC2CCC(C1)N2)(c1ccccc1)c1ccccc1. The average molecular weight is 348 g/mol. The summed E-state index contributed by atoms with van der Waals surface area (Å²) in [5.41, 5.74) is 1.72. The van der Waals surface area contributed by atoms with E-state index < -0.39 is 5.54 Å². The monoisotopic (exact) mass is 348 g/mol. The Hall–Kier alpha value is -2.13. The molecular weight excluding hydrogens is 320 g/mol. The lowest BCUT2D eigenvalue weighted by Crippen LogP contribution is -2.46. The molecule has 2 unspecified atom stereocenters. The minimum atomic E-state index is -0.508. The second-order valence-corrected chi connectivity index (χ2v) is 8.08. The molecule has 2 aliphatic heterocycles. The van der Waals surface area contributed by atoms with Gasteiger partial charge < -0.3 is 10.6 Å². The fraction of sp³-hybridized carbons (Fsp3) is 0.435. The van der Waals surface area contributed by atoms with Gasteiger partial charge in [0.05, 0.1) is 5.54 Å². The highest BCUT2D eigenvalue weighted by Gasteiger charge is 2.36. The lowest BCUT2D eigenvalue weighted by Gasteiger charge is -2.34. The van der Waals surface area contributed by atoms with Gasteiger partial charge in [-0.15, -0.1) is 0 Å². The number of nitrogens with one attached hydrogen (secondary N) is 2. The largest absolute Gasteiger partial charge is 0.343 e. The number of hydrogen-bond acceptors (Lipinski definition) is 2. The van der Waals surface area contributed by atoms with Crippen molar-refractivity contribution in [1.29, 1.82) is 0 Å². The van der Waals surface area contributed by atoms with Crippen LogP contribution in [0.3, 0.4) is 0 Å². The molecule has 0 radical (unpaired) electrons. The summed E-state index contributed by atoms with van der Waals surface area (Å²) in [6.45, 7) is 2.11. The topological polar surface area (TPSA) is 41.1 Å². The molecule has 2 aliphatic rings. The van der Waals surface area contributed by atoms with Gasteiger partial charge in [-0.05, 0) is 49.7 Å². The summed E-state index contributed by atoms with van der Waals surface area (Å²) in [6.07, 6.45) is 5.45. The maximum absolute atomic E-state index is 13.0. The van der Waals surface area contributed by atoms with Crippen molar-refractivity contribution in [2.45, 2.75) is 56.7 Å². The van der Waals surface area contributed by atoms with Gasteiger partial charge in [0.25, 0.3) is 0 Å². The van der Waals surface area contributed by atoms with Gasteiger partial charge in [-0.3, -0.25) is 4.79 Å². The summed E-state index contributed by atoms with van der Waals surface area (Å²) < 4.78 is 0. The van der Waals surface area contributed by atoms with E-state index in [1.54, 1.807) is 0 Å². The van der Waals surface area contributed by atoms with E-state index >= 15 is 0 Å². The summed E-state index contributed by atoms with van der Waals surface area (Å²) in [7, 11) is 0. The van der Waals surface area contributed by atoms with Crippen molar-refractivity contribution < 1.29 is 4.79 Å². The quantitative estimate of drug-likeness (QED) is 0.858. The molecule has 2 fully saturated rings. The molecule has 2 aromatic carbocycles. The molecule has 1 amide bonds. The van der Waals surface area contributed by atoms with Crippen LogP contribution in [0.2, 0.25) is 0 Å². The Morgan fingerprint density at radius 1 is 0.962 bits per heavy atom. The van der Waals surface area contributed by atoms with E-state index in [9.17, 15) is 4.79 Å². The van der Waals surface area contributed by atoms with Crippen LogP contribution in [0.1, 0.15) is 50.2 Å². The van der Waals surface area contributed by atoms with Crippen molar-refractivity contribution in [2.24, 2.45) is 5.92 Å². The summed E-state index contributed by atoms with van der Waals surface area (Å²) in [5.74, 6) is 0.663. The van der Waals surface area contributed by atoms with Crippen LogP contribution in [-0.2, 0) is 10.3 Å². The maximum Gasteiger partial charge on any atom is 0.221 e. The highest BCUT2D eigenvalue weighted by Crippen LogP contribution is 2.34. The Bertz CT molecular complexity index is 692. The van der Waals surface area contributed by atoms with Crippen molar-refractivity contribution in [3.05, 3.63) is 71.8 Å². The minimum absolute atomic E-state index is 0.159. The number of rotatable bonds is 5. The van der Waals surface area contributed by atoms with Gasteiger partial charge in [-0.25, -0.2) is 0 Å². The first-order valence-electron chi connectivity index (χ1n) is 9.81. The normalized spacial score (nSPS) is 25.0. The van der Waals surface area contributed by atoms with Gasteiger partial charge in [0, 0.05) is 18.5 Å². The van der Waals surface area contributed by atoms with Crippen LogP contribution in [0, 0.1) is 5.92 Å². The Labute approximate surface area is 156 Å². The molecule has 3 nitrogen and oxygen atoms in total. The first-order valence-corrected chi connectivity index (χ1v) is 9.81. The van der Waals surface area contributed by atoms with Gasteiger partial charge in [-0.2, -0.15) is 0 Å². The highest BCUT2D eigenvalue weighted by molar-refractivity contribution is 5.78. The Balaban J connectivity index is 1.52. The lowest BCUT2D eigenvalue weighted by atomic mass is 9.83. The lowest BCUT2D eigenvalue weighted by molar-refractivity contribution is -0.123. The molecular formula is C23H28N2O. The van der Waals surface area contributed by atoms with E-state index in [2.05, 4.69) is 41.8 Å². The molecule has 0 aromatic heterocycles. The molecule has 2 heterocycles. The van der Waals surface area contributed by atoms with Crippen molar-refractivity contribution >= 4 is 5.91 Å². The zero-order valence-corrected chi connectivity index (χ0v) is 15.4. The third kappa shape index (κ3) is 3.54. The average Bonchev–Trinajstić information content (AvgIpc) is 3.01. The van der Waals surface area contributed by atoms with Crippen LogP contribution in [0.15, 0.2) is 60.7 Å².